The summed E-state index contributed by atoms with van der Waals surface area (Å²) in [5.74, 6) is -0.545. The molecule has 0 N–H and O–H groups in total. The Hall–Kier alpha value is -1.14. The number of hydrogen-bond acceptors (Lipinski definition) is 5. The summed E-state index contributed by atoms with van der Waals surface area (Å²) in [6.45, 7) is -0.144. The number of esters is 1. The van der Waals surface area contributed by atoms with Crippen LogP contribution in [-0.2, 0) is 23.7 Å². The molecule has 1 aromatic rings. The molecule has 18 heavy (non-hydrogen) atoms. The monoisotopic (exact) mass is 274 g/mol. The summed E-state index contributed by atoms with van der Waals surface area (Å²) in [4.78, 5) is 11.8. The normalized spacial score (nSPS) is 12.2. The van der Waals surface area contributed by atoms with E-state index in [4.69, 9.17) is 25.8 Å². The topological polar surface area (TPSA) is 54.0 Å². The summed E-state index contributed by atoms with van der Waals surface area (Å²) < 4.78 is 19.6. The van der Waals surface area contributed by atoms with E-state index in [1.165, 1.54) is 14.2 Å². The molecule has 0 bridgehead atoms. The minimum atomic E-state index is -0.864. The van der Waals surface area contributed by atoms with Crippen molar-refractivity contribution in [3.05, 3.63) is 34.9 Å². The van der Waals surface area contributed by atoms with Crippen molar-refractivity contribution in [2.45, 2.75) is 6.10 Å². The van der Waals surface area contributed by atoms with Crippen molar-refractivity contribution in [1.29, 1.82) is 0 Å². The lowest BCUT2D eigenvalue weighted by molar-refractivity contribution is -0.175. The third kappa shape index (κ3) is 4.62. The number of rotatable bonds is 7. The maximum atomic E-state index is 11.8. The van der Waals surface area contributed by atoms with Crippen LogP contribution in [0.1, 0.15) is 11.7 Å². The summed E-state index contributed by atoms with van der Waals surface area (Å²) in [7, 11) is 2.90. The number of methoxy groups -OCH3 is 2. The van der Waals surface area contributed by atoms with Crippen molar-refractivity contribution in [2.24, 2.45) is 0 Å². The second-order valence-corrected chi connectivity index (χ2v) is 3.81. The fraction of sp³-hybridized carbons (Fsp3) is 0.417. The van der Waals surface area contributed by atoms with Crippen molar-refractivity contribution >= 4 is 17.6 Å². The zero-order valence-electron chi connectivity index (χ0n) is 10.2. The lowest BCUT2D eigenvalue weighted by atomic mass is 10.1. The van der Waals surface area contributed by atoms with Gasteiger partial charge in [0.1, 0.15) is 6.79 Å². The van der Waals surface area contributed by atoms with Crippen LogP contribution in [0.5, 0.6) is 0 Å². The Balaban J connectivity index is 2.76. The first-order valence-corrected chi connectivity index (χ1v) is 5.58. The van der Waals surface area contributed by atoms with Crippen LogP contribution in [0.4, 0.5) is 0 Å². The van der Waals surface area contributed by atoms with Gasteiger partial charge in [-0.25, -0.2) is 4.79 Å². The summed E-state index contributed by atoms with van der Waals surface area (Å²) >= 11 is 5.78. The molecule has 1 aromatic carbocycles. The molecule has 0 amide bonds. The molecule has 0 aliphatic rings. The van der Waals surface area contributed by atoms with E-state index in [1.54, 1.807) is 24.3 Å². The molecule has 0 radical (unpaired) electrons. The van der Waals surface area contributed by atoms with E-state index >= 15 is 0 Å². The highest BCUT2D eigenvalue weighted by atomic mass is 35.5. The first kappa shape index (κ1) is 14.9. The molecular weight excluding hydrogens is 260 g/mol. The zero-order chi connectivity index (χ0) is 13.4. The molecule has 0 unspecified atom stereocenters. The average molecular weight is 275 g/mol. The molecule has 0 fully saturated rings. The number of hydrogen-bond donors (Lipinski definition) is 0. The number of carbonyl (C=O) groups excluding carboxylic acids is 1. The predicted molar refractivity (Wildman–Crippen MR) is 65.1 cm³/mol. The number of halogens is 1. The SMILES string of the molecule is COCOC(=O)[C@H](OCOC)c1ccc(Cl)cc1. The van der Waals surface area contributed by atoms with Crippen molar-refractivity contribution in [1.82, 2.24) is 0 Å². The second kappa shape index (κ2) is 8.05. The number of ether oxygens (including phenoxy) is 4. The van der Waals surface area contributed by atoms with Crippen molar-refractivity contribution in [2.75, 3.05) is 27.8 Å². The van der Waals surface area contributed by atoms with Gasteiger partial charge in [0.15, 0.2) is 12.9 Å². The molecule has 1 atom stereocenters. The standard InChI is InChI=1S/C12H15ClO5/c1-15-7-17-11(12(14)18-8-16-2)9-3-5-10(13)6-4-9/h3-6,11H,7-8H2,1-2H3/t11-/m1/s1. The summed E-state index contributed by atoms with van der Waals surface area (Å²) in [6, 6.07) is 6.72. The van der Waals surface area contributed by atoms with E-state index in [1.807, 2.05) is 0 Å². The highest BCUT2D eigenvalue weighted by molar-refractivity contribution is 6.30. The van der Waals surface area contributed by atoms with E-state index in [-0.39, 0.29) is 13.6 Å². The third-order valence-corrected chi connectivity index (χ3v) is 2.31. The van der Waals surface area contributed by atoms with Crippen LogP contribution in [-0.4, -0.2) is 33.8 Å². The van der Waals surface area contributed by atoms with Gasteiger partial charge in [-0.15, -0.1) is 0 Å². The smallest absolute Gasteiger partial charge is 0.342 e. The molecule has 100 valence electrons. The van der Waals surface area contributed by atoms with Gasteiger partial charge < -0.3 is 18.9 Å². The largest absolute Gasteiger partial charge is 0.436 e. The van der Waals surface area contributed by atoms with Gasteiger partial charge in [0, 0.05) is 19.2 Å². The third-order valence-electron chi connectivity index (χ3n) is 2.06. The van der Waals surface area contributed by atoms with E-state index in [2.05, 4.69) is 4.74 Å². The Labute approximate surface area is 111 Å². The van der Waals surface area contributed by atoms with Crippen molar-refractivity contribution < 1.29 is 23.7 Å². The van der Waals surface area contributed by atoms with Gasteiger partial charge in [0.25, 0.3) is 0 Å². The fourth-order valence-corrected chi connectivity index (χ4v) is 1.39. The molecule has 0 aliphatic heterocycles. The van der Waals surface area contributed by atoms with Crippen molar-refractivity contribution in [3.8, 4) is 0 Å². The first-order chi connectivity index (χ1) is 8.69. The minimum absolute atomic E-state index is 0.0185. The van der Waals surface area contributed by atoms with E-state index in [0.29, 0.717) is 10.6 Å². The molecule has 1 rings (SSSR count). The Bertz CT molecular complexity index is 365. The van der Waals surface area contributed by atoms with Gasteiger partial charge in [-0.2, -0.15) is 0 Å². The van der Waals surface area contributed by atoms with Crippen LogP contribution < -0.4 is 0 Å². The quantitative estimate of drug-likeness (QED) is 0.563. The lowest BCUT2D eigenvalue weighted by Crippen LogP contribution is -2.20. The highest BCUT2D eigenvalue weighted by Crippen LogP contribution is 2.21. The molecule has 0 heterocycles. The Kier molecular flexibility index (Phi) is 6.67. The molecule has 5 nitrogen and oxygen atoms in total. The minimum Gasteiger partial charge on any atom is -0.436 e. The van der Waals surface area contributed by atoms with Gasteiger partial charge in [-0.05, 0) is 17.7 Å². The lowest BCUT2D eigenvalue weighted by Gasteiger charge is -2.16. The number of benzene rings is 1. The highest BCUT2D eigenvalue weighted by Gasteiger charge is 2.23. The average Bonchev–Trinajstić information content (AvgIpc) is 2.38. The van der Waals surface area contributed by atoms with Gasteiger partial charge in [-0.1, -0.05) is 23.7 Å². The molecule has 0 saturated heterocycles. The van der Waals surface area contributed by atoms with Gasteiger partial charge in [0.05, 0.1) is 0 Å². The fourth-order valence-electron chi connectivity index (χ4n) is 1.27. The molecule has 0 aromatic heterocycles. The summed E-state index contributed by atoms with van der Waals surface area (Å²) in [5.41, 5.74) is 0.637. The molecular formula is C12H15ClO5. The zero-order valence-corrected chi connectivity index (χ0v) is 11.0. The van der Waals surface area contributed by atoms with Crippen molar-refractivity contribution in [3.63, 3.8) is 0 Å². The van der Waals surface area contributed by atoms with Crippen LogP contribution in [0.3, 0.4) is 0 Å². The van der Waals surface area contributed by atoms with E-state index < -0.39 is 12.1 Å². The van der Waals surface area contributed by atoms with Crippen LogP contribution in [0.25, 0.3) is 0 Å². The molecule has 0 aliphatic carbocycles. The Morgan fingerprint density at radius 1 is 1.17 bits per heavy atom. The summed E-state index contributed by atoms with van der Waals surface area (Å²) in [5, 5.41) is 0.578. The van der Waals surface area contributed by atoms with E-state index in [0.717, 1.165) is 0 Å². The van der Waals surface area contributed by atoms with Gasteiger partial charge in [-0.3, -0.25) is 0 Å². The maximum Gasteiger partial charge on any atom is 0.342 e. The van der Waals surface area contributed by atoms with E-state index in [9.17, 15) is 4.79 Å². The van der Waals surface area contributed by atoms with Crippen LogP contribution in [0, 0.1) is 0 Å². The summed E-state index contributed by atoms with van der Waals surface area (Å²) in [6.07, 6.45) is -0.864. The molecule has 0 saturated carbocycles. The predicted octanol–water partition coefficient (Wildman–Crippen LogP) is 2.15. The second-order valence-electron chi connectivity index (χ2n) is 3.37. The van der Waals surface area contributed by atoms with Crippen LogP contribution in [0.2, 0.25) is 5.02 Å². The molecule has 0 spiro atoms. The Morgan fingerprint density at radius 3 is 2.33 bits per heavy atom. The molecule has 6 heteroatoms. The van der Waals surface area contributed by atoms with Gasteiger partial charge in [0.2, 0.25) is 0 Å². The van der Waals surface area contributed by atoms with Crippen LogP contribution >= 0.6 is 11.6 Å². The first-order valence-electron chi connectivity index (χ1n) is 5.20. The number of carbonyl (C=O) groups is 1. The van der Waals surface area contributed by atoms with Crippen LogP contribution in [0.15, 0.2) is 24.3 Å². The maximum absolute atomic E-state index is 11.8. The van der Waals surface area contributed by atoms with Gasteiger partial charge >= 0.3 is 5.97 Å². The Morgan fingerprint density at radius 2 is 1.78 bits per heavy atom.